The molecule has 0 spiro atoms. The van der Waals surface area contributed by atoms with Gasteiger partial charge in [0.1, 0.15) is 0 Å². The first-order valence-corrected chi connectivity index (χ1v) is 10.2. The zero-order chi connectivity index (χ0) is 19.1. The van der Waals surface area contributed by atoms with Crippen LogP contribution in [-0.4, -0.2) is 22.3 Å². The third-order valence-corrected chi connectivity index (χ3v) is 6.13. The number of carbonyl (C=O) groups is 1. The molecular weight excluding hydrogens is 324 g/mol. The van der Waals surface area contributed by atoms with Gasteiger partial charge in [0.2, 0.25) is 0 Å². The lowest BCUT2D eigenvalue weighted by molar-refractivity contribution is -0.137. The van der Waals surface area contributed by atoms with Crippen molar-refractivity contribution in [3.63, 3.8) is 0 Å². The third kappa shape index (κ3) is 6.42. The van der Waals surface area contributed by atoms with E-state index in [2.05, 4.69) is 45.1 Å². The molecule has 0 bridgehead atoms. The Labute approximate surface area is 158 Å². The summed E-state index contributed by atoms with van der Waals surface area (Å²) in [5.74, 6) is 1.58. The van der Waals surface area contributed by atoms with Gasteiger partial charge in [-0.05, 0) is 70.6 Å². The van der Waals surface area contributed by atoms with E-state index >= 15 is 0 Å². The molecule has 0 heterocycles. The van der Waals surface area contributed by atoms with Crippen molar-refractivity contribution in [2.45, 2.75) is 78.2 Å². The molecule has 0 aromatic rings. The van der Waals surface area contributed by atoms with Gasteiger partial charge in [0.25, 0.3) is 0 Å². The van der Waals surface area contributed by atoms with E-state index in [1.807, 2.05) is 0 Å². The van der Waals surface area contributed by atoms with Crippen LogP contribution in [0.25, 0.3) is 0 Å². The van der Waals surface area contributed by atoms with Crippen molar-refractivity contribution in [2.75, 3.05) is 0 Å². The first-order valence-electron chi connectivity index (χ1n) is 10.2. The molecule has 5 atom stereocenters. The molecule has 0 saturated heterocycles. The Hall–Kier alpha value is -1.35. The first-order chi connectivity index (χ1) is 12.4. The van der Waals surface area contributed by atoms with Crippen LogP contribution in [0.15, 0.2) is 35.5 Å². The second-order valence-electron chi connectivity index (χ2n) is 8.61. The highest BCUT2D eigenvalue weighted by molar-refractivity contribution is 5.66. The number of allylic oxidation sites excluding steroid dienone is 5. The van der Waals surface area contributed by atoms with Gasteiger partial charge < -0.3 is 10.2 Å². The number of carboxylic acid groups (broad SMARTS) is 1. The van der Waals surface area contributed by atoms with Gasteiger partial charge in [-0.2, -0.15) is 0 Å². The SMILES string of the molecule is CC(C)=CC/C=C(C)/C=C/[C@@H]1C2CC(CCCCC(=O)O)CC2C[C@H]1O. The van der Waals surface area contributed by atoms with Gasteiger partial charge in [-0.25, -0.2) is 0 Å². The van der Waals surface area contributed by atoms with E-state index in [0.717, 1.165) is 38.0 Å². The van der Waals surface area contributed by atoms with Gasteiger partial charge in [-0.15, -0.1) is 0 Å². The summed E-state index contributed by atoms with van der Waals surface area (Å²) in [6, 6.07) is 0. The smallest absolute Gasteiger partial charge is 0.303 e. The number of aliphatic hydroxyl groups is 1. The fourth-order valence-corrected chi connectivity index (χ4v) is 4.80. The van der Waals surface area contributed by atoms with Crippen molar-refractivity contribution in [2.24, 2.45) is 23.7 Å². The Kier molecular flexibility index (Phi) is 8.15. The largest absolute Gasteiger partial charge is 0.481 e. The summed E-state index contributed by atoms with van der Waals surface area (Å²) in [5, 5.41) is 19.2. The second-order valence-corrected chi connectivity index (χ2v) is 8.61. The fraction of sp³-hybridized carbons (Fsp3) is 0.696. The molecule has 2 rings (SSSR count). The van der Waals surface area contributed by atoms with Crippen LogP contribution in [0.4, 0.5) is 0 Å². The molecule has 0 radical (unpaired) electrons. The Bertz CT molecular complexity index is 554. The van der Waals surface area contributed by atoms with E-state index < -0.39 is 5.97 Å². The molecule has 3 heteroatoms. The van der Waals surface area contributed by atoms with Gasteiger partial charge in [0, 0.05) is 12.3 Å². The molecule has 0 amide bonds. The quantitative estimate of drug-likeness (QED) is 0.324. The lowest BCUT2D eigenvalue weighted by atomic mass is 9.89. The summed E-state index contributed by atoms with van der Waals surface area (Å²) >= 11 is 0. The molecule has 3 unspecified atom stereocenters. The Morgan fingerprint density at radius 3 is 2.54 bits per heavy atom. The lowest BCUT2D eigenvalue weighted by Gasteiger charge is -2.18. The third-order valence-electron chi connectivity index (χ3n) is 6.13. The van der Waals surface area contributed by atoms with Gasteiger partial charge in [0.15, 0.2) is 0 Å². The maximum Gasteiger partial charge on any atom is 0.303 e. The Morgan fingerprint density at radius 2 is 1.85 bits per heavy atom. The molecule has 146 valence electrons. The van der Waals surface area contributed by atoms with Crippen LogP contribution in [0, 0.1) is 23.7 Å². The predicted octanol–water partition coefficient (Wildman–Crippen LogP) is 5.51. The molecule has 2 fully saturated rings. The fourth-order valence-electron chi connectivity index (χ4n) is 4.80. The van der Waals surface area contributed by atoms with E-state index in [1.54, 1.807) is 0 Å². The predicted molar refractivity (Wildman–Crippen MR) is 107 cm³/mol. The average Bonchev–Trinajstić information content (AvgIpc) is 3.05. The van der Waals surface area contributed by atoms with Crippen LogP contribution in [0.2, 0.25) is 0 Å². The molecule has 2 saturated carbocycles. The highest BCUT2D eigenvalue weighted by Crippen LogP contribution is 2.51. The molecule has 3 nitrogen and oxygen atoms in total. The molecular formula is C23H36O3. The number of aliphatic carboxylic acids is 1. The number of rotatable bonds is 9. The minimum absolute atomic E-state index is 0.195. The second kappa shape index (κ2) is 10.1. The van der Waals surface area contributed by atoms with Gasteiger partial charge in [0.05, 0.1) is 6.10 Å². The number of aliphatic hydroxyl groups excluding tert-OH is 1. The molecule has 0 aromatic heterocycles. The number of carboxylic acids is 1. The van der Waals surface area contributed by atoms with Gasteiger partial charge in [-0.3, -0.25) is 4.79 Å². The summed E-state index contributed by atoms with van der Waals surface area (Å²) in [5.41, 5.74) is 2.61. The summed E-state index contributed by atoms with van der Waals surface area (Å²) < 4.78 is 0. The van der Waals surface area contributed by atoms with Crippen molar-refractivity contribution in [1.29, 1.82) is 0 Å². The zero-order valence-electron chi connectivity index (χ0n) is 16.7. The van der Waals surface area contributed by atoms with E-state index in [9.17, 15) is 9.90 Å². The van der Waals surface area contributed by atoms with Crippen molar-refractivity contribution in [3.05, 3.63) is 35.5 Å². The molecule has 2 N–H and O–H groups in total. The molecule has 2 aliphatic rings. The monoisotopic (exact) mass is 360 g/mol. The van der Waals surface area contributed by atoms with E-state index in [-0.39, 0.29) is 12.0 Å². The zero-order valence-corrected chi connectivity index (χ0v) is 16.7. The van der Waals surface area contributed by atoms with Crippen LogP contribution in [-0.2, 0) is 4.79 Å². The van der Waals surface area contributed by atoms with Crippen LogP contribution in [0.3, 0.4) is 0 Å². The Balaban J connectivity index is 1.83. The van der Waals surface area contributed by atoms with Crippen LogP contribution in [0.5, 0.6) is 0 Å². The normalized spacial score (nSPS) is 31.4. The number of hydrogen-bond acceptors (Lipinski definition) is 2. The summed E-state index contributed by atoms with van der Waals surface area (Å²) in [7, 11) is 0. The highest BCUT2D eigenvalue weighted by atomic mass is 16.4. The Morgan fingerprint density at radius 1 is 1.08 bits per heavy atom. The molecule has 2 aliphatic carbocycles. The van der Waals surface area contributed by atoms with Crippen LogP contribution >= 0.6 is 0 Å². The highest BCUT2D eigenvalue weighted by Gasteiger charge is 2.46. The summed E-state index contributed by atoms with van der Waals surface area (Å²) in [4.78, 5) is 10.6. The lowest BCUT2D eigenvalue weighted by Crippen LogP contribution is -2.17. The van der Waals surface area contributed by atoms with E-state index in [4.69, 9.17) is 5.11 Å². The summed E-state index contributed by atoms with van der Waals surface area (Å²) in [6.07, 6.45) is 16.3. The topological polar surface area (TPSA) is 57.5 Å². The minimum Gasteiger partial charge on any atom is -0.481 e. The molecule has 0 aromatic carbocycles. The standard InChI is InChI=1S/C23H36O3/c1-16(2)7-6-8-17(3)11-12-20-21-14-18(9-4-5-10-23(25)26)13-19(21)15-22(20)24/h7-8,11-12,18-22,24H,4-6,9-10,13-15H2,1-3H3,(H,25,26)/b12-11+,17-8+/t18?,19?,20-,21?,22-/m1/s1. The van der Waals surface area contributed by atoms with Crippen LogP contribution < -0.4 is 0 Å². The average molecular weight is 361 g/mol. The van der Waals surface area contributed by atoms with E-state index in [0.29, 0.717) is 18.3 Å². The van der Waals surface area contributed by atoms with Crippen molar-refractivity contribution < 1.29 is 15.0 Å². The van der Waals surface area contributed by atoms with Gasteiger partial charge >= 0.3 is 5.97 Å². The van der Waals surface area contributed by atoms with Crippen molar-refractivity contribution in [1.82, 2.24) is 0 Å². The van der Waals surface area contributed by atoms with Crippen LogP contribution in [0.1, 0.15) is 72.1 Å². The number of unbranched alkanes of at least 4 members (excludes halogenated alkanes) is 1. The number of hydrogen-bond donors (Lipinski definition) is 2. The van der Waals surface area contributed by atoms with E-state index in [1.165, 1.54) is 24.0 Å². The molecule has 26 heavy (non-hydrogen) atoms. The van der Waals surface area contributed by atoms with Crippen molar-refractivity contribution in [3.8, 4) is 0 Å². The van der Waals surface area contributed by atoms with Gasteiger partial charge in [-0.1, -0.05) is 48.3 Å². The number of fused-ring (bicyclic) bond motifs is 1. The summed E-state index contributed by atoms with van der Waals surface area (Å²) in [6.45, 7) is 6.37. The first kappa shape index (κ1) is 21.0. The molecule has 0 aliphatic heterocycles. The maximum atomic E-state index is 10.6. The minimum atomic E-state index is -0.686. The maximum absolute atomic E-state index is 10.6. The van der Waals surface area contributed by atoms with Crippen molar-refractivity contribution >= 4 is 5.97 Å².